The minimum absolute atomic E-state index is 0.00517. The average Bonchev–Trinajstić information content (AvgIpc) is 2.50. The van der Waals surface area contributed by atoms with Gasteiger partial charge in [0.15, 0.2) is 0 Å². The number of benzene rings is 1. The summed E-state index contributed by atoms with van der Waals surface area (Å²) in [6.45, 7) is 5.67. The standard InChI is InChI=1S/C16H23FN4O3/c1-11(2)18-16(22)10-20-7-5-13(6-8-20)19-14-4-3-12(17)9-15(14)21(23)24/h3-4,9,11,13,19H,5-8,10H2,1-2H3,(H,18,22). The smallest absolute Gasteiger partial charge is 0.295 e. The van der Waals surface area contributed by atoms with E-state index in [1.54, 1.807) is 0 Å². The molecule has 1 fully saturated rings. The Morgan fingerprint density at radius 3 is 2.67 bits per heavy atom. The molecule has 0 unspecified atom stereocenters. The van der Waals surface area contributed by atoms with E-state index in [-0.39, 0.29) is 23.7 Å². The lowest BCUT2D eigenvalue weighted by atomic mass is 10.0. The molecular weight excluding hydrogens is 315 g/mol. The van der Waals surface area contributed by atoms with Gasteiger partial charge in [-0.25, -0.2) is 4.39 Å². The lowest BCUT2D eigenvalue weighted by molar-refractivity contribution is -0.384. The van der Waals surface area contributed by atoms with Gasteiger partial charge in [-0.2, -0.15) is 0 Å². The van der Waals surface area contributed by atoms with E-state index in [9.17, 15) is 19.3 Å². The summed E-state index contributed by atoms with van der Waals surface area (Å²) in [4.78, 5) is 24.3. The van der Waals surface area contributed by atoms with Crippen molar-refractivity contribution in [3.05, 3.63) is 34.1 Å². The molecule has 7 nitrogen and oxygen atoms in total. The Balaban J connectivity index is 1.87. The highest BCUT2D eigenvalue weighted by molar-refractivity contribution is 5.78. The van der Waals surface area contributed by atoms with Gasteiger partial charge in [0, 0.05) is 25.2 Å². The Hall–Kier alpha value is -2.22. The van der Waals surface area contributed by atoms with Crippen LogP contribution in [-0.4, -0.2) is 47.4 Å². The zero-order valence-electron chi connectivity index (χ0n) is 13.9. The highest BCUT2D eigenvalue weighted by atomic mass is 19.1. The number of carbonyl (C=O) groups excluding carboxylic acids is 1. The second-order valence-corrected chi connectivity index (χ2v) is 6.34. The fourth-order valence-corrected chi connectivity index (χ4v) is 2.80. The Kier molecular flexibility index (Phi) is 6.08. The third-order valence-electron chi connectivity index (χ3n) is 3.92. The quantitative estimate of drug-likeness (QED) is 0.613. The first-order valence-electron chi connectivity index (χ1n) is 8.07. The number of piperidine rings is 1. The van der Waals surface area contributed by atoms with Crippen LogP contribution in [0.2, 0.25) is 0 Å². The Bertz CT molecular complexity index is 601. The van der Waals surface area contributed by atoms with Gasteiger partial charge in [-0.05, 0) is 38.8 Å². The normalized spacial score (nSPS) is 16.2. The minimum atomic E-state index is -0.627. The molecule has 0 radical (unpaired) electrons. The molecule has 1 aromatic rings. The third kappa shape index (κ3) is 5.16. The van der Waals surface area contributed by atoms with Crippen LogP contribution in [0.5, 0.6) is 0 Å². The van der Waals surface area contributed by atoms with Crippen molar-refractivity contribution < 1.29 is 14.1 Å². The highest BCUT2D eigenvalue weighted by Gasteiger charge is 2.23. The van der Waals surface area contributed by atoms with Crippen LogP contribution in [0, 0.1) is 15.9 Å². The van der Waals surface area contributed by atoms with Crippen LogP contribution in [0.25, 0.3) is 0 Å². The van der Waals surface area contributed by atoms with Crippen molar-refractivity contribution in [1.29, 1.82) is 0 Å². The molecule has 24 heavy (non-hydrogen) atoms. The van der Waals surface area contributed by atoms with E-state index in [1.807, 2.05) is 13.8 Å². The van der Waals surface area contributed by atoms with Crippen molar-refractivity contribution in [2.24, 2.45) is 0 Å². The summed E-state index contributed by atoms with van der Waals surface area (Å²) >= 11 is 0. The summed E-state index contributed by atoms with van der Waals surface area (Å²) in [7, 11) is 0. The molecule has 1 saturated heterocycles. The van der Waals surface area contributed by atoms with Gasteiger partial charge in [0.25, 0.3) is 5.69 Å². The van der Waals surface area contributed by atoms with Gasteiger partial charge in [-0.15, -0.1) is 0 Å². The van der Waals surface area contributed by atoms with Crippen LogP contribution >= 0.6 is 0 Å². The summed E-state index contributed by atoms with van der Waals surface area (Å²) in [5.74, 6) is -0.621. The van der Waals surface area contributed by atoms with Crippen LogP contribution in [0.15, 0.2) is 18.2 Å². The van der Waals surface area contributed by atoms with Gasteiger partial charge >= 0.3 is 0 Å². The first kappa shape index (κ1) is 18.1. The molecule has 0 atom stereocenters. The number of likely N-dealkylation sites (tertiary alicyclic amines) is 1. The maximum atomic E-state index is 13.2. The second-order valence-electron chi connectivity index (χ2n) is 6.34. The molecule has 0 aromatic heterocycles. The first-order chi connectivity index (χ1) is 11.3. The third-order valence-corrected chi connectivity index (χ3v) is 3.92. The number of hydrogen-bond donors (Lipinski definition) is 2. The van der Waals surface area contributed by atoms with Gasteiger partial charge in [0.2, 0.25) is 5.91 Å². The zero-order chi connectivity index (χ0) is 17.7. The van der Waals surface area contributed by atoms with Gasteiger partial charge in [-0.3, -0.25) is 19.8 Å². The number of carbonyl (C=O) groups is 1. The molecule has 132 valence electrons. The molecule has 1 heterocycles. The van der Waals surface area contributed by atoms with E-state index in [0.717, 1.165) is 32.0 Å². The van der Waals surface area contributed by atoms with Crippen molar-refractivity contribution >= 4 is 17.3 Å². The molecule has 0 spiro atoms. The summed E-state index contributed by atoms with van der Waals surface area (Å²) in [5.41, 5.74) is 0.0751. The zero-order valence-corrected chi connectivity index (χ0v) is 13.9. The molecule has 1 amide bonds. The van der Waals surface area contributed by atoms with Crippen molar-refractivity contribution in [2.45, 2.75) is 38.8 Å². The summed E-state index contributed by atoms with van der Waals surface area (Å²) in [5, 5.41) is 17.0. The van der Waals surface area contributed by atoms with E-state index in [4.69, 9.17) is 0 Å². The number of nitro benzene ring substituents is 1. The van der Waals surface area contributed by atoms with Gasteiger partial charge < -0.3 is 10.6 Å². The largest absolute Gasteiger partial charge is 0.377 e. The number of nitro groups is 1. The van der Waals surface area contributed by atoms with E-state index < -0.39 is 10.7 Å². The predicted molar refractivity (Wildman–Crippen MR) is 89.4 cm³/mol. The first-order valence-corrected chi connectivity index (χ1v) is 8.07. The number of halogens is 1. The highest BCUT2D eigenvalue weighted by Crippen LogP contribution is 2.27. The Labute approximate surface area is 140 Å². The van der Waals surface area contributed by atoms with Crippen LogP contribution in [0.4, 0.5) is 15.8 Å². The fourth-order valence-electron chi connectivity index (χ4n) is 2.80. The van der Waals surface area contributed by atoms with Crippen molar-refractivity contribution in [1.82, 2.24) is 10.2 Å². The Morgan fingerprint density at radius 2 is 2.08 bits per heavy atom. The molecule has 1 aliphatic heterocycles. The Morgan fingerprint density at radius 1 is 1.42 bits per heavy atom. The maximum absolute atomic E-state index is 13.2. The predicted octanol–water partition coefficient (Wildman–Crippen LogP) is 2.13. The molecule has 0 saturated carbocycles. The molecule has 0 aliphatic carbocycles. The number of amides is 1. The van der Waals surface area contributed by atoms with E-state index >= 15 is 0 Å². The lowest BCUT2D eigenvalue weighted by Crippen LogP contribution is -2.45. The molecule has 2 N–H and O–H groups in total. The molecule has 1 aromatic carbocycles. The number of anilines is 1. The molecule has 2 rings (SSSR count). The van der Waals surface area contributed by atoms with Crippen LogP contribution < -0.4 is 10.6 Å². The molecule has 8 heteroatoms. The SMILES string of the molecule is CC(C)NC(=O)CN1CCC(Nc2ccc(F)cc2[N+](=O)[O-])CC1. The minimum Gasteiger partial charge on any atom is -0.377 e. The van der Waals surface area contributed by atoms with Crippen molar-refractivity contribution in [3.8, 4) is 0 Å². The van der Waals surface area contributed by atoms with E-state index in [1.165, 1.54) is 12.1 Å². The fraction of sp³-hybridized carbons (Fsp3) is 0.562. The second kappa shape index (κ2) is 8.05. The average molecular weight is 338 g/mol. The van der Waals surface area contributed by atoms with E-state index in [0.29, 0.717) is 12.2 Å². The number of nitrogens with one attached hydrogen (secondary N) is 2. The summed E-state index contributed by atoms with van der Waals surface area (Å²) < 4.78 is 13.2. The topological polar surface area (TPSA) is 87.5 Å². The van der Waals surface area contributed by atoms with Gasteiger partial charge in [0.05, 0.1) is 17.5 Å². The molecular formula is C16H23FN4O3. The maximum Gasteiger partial charge on any atom is 0.295 e. The molecule has 0 bridgehead atoms. The van der Waals surface area contributed by atoms with Gasteiger partial charge in [-0.1, -0.05) is 0 Å². The number of nitrogens with zero attached hydrogens (tertiary/aromatic N) is 2. The lowest BCUT2D eigenvalue weighted by Gasteiger charge is -2.32. The van der Waals surface area contributed by atoms with Gasteiger partial charge in [0.1, 0.15) is 11.5 Å². The molecule has 1 aliphatic rings. The van der Waals surface area contributed by atoms with Crippen LogP contribution in [-0.2, 0) is 4.79 Å². The van der Waals surface area contributed by atoms with Crippen molar-refractivity contribution in [2.75, 3.05) is 25.0 Å². The van der Waals surface area contributed by atoms with Crippen LogP contribution in [0.1, 0.15) is 26.7 Å². The number of hydrogen-bond acceptors (Lipinski definition) is 5. The van der Waals surface area contributed by atoms with Crippen LogP contribution in [0.3, 0.4) is 0 Å². The summed E-state index contributed by atoms with van der Waals surface area (Å²) in [6, 6.07) is 3.72. The summed E-state index contributed by atoms with van der Waals surface area (Å²) in [6.07, 6.45) is 1.53. The number of rotatable bonds is 6. The van der Waals surface area contributed by atoms with Crippen molar-refractivity contribution in [3.63, 3.8) is 0 Å². The van der Waals surface area contributed by atoms with E-state index in [2.05, 4.69) is 15.5 Å². The monoisotopic (exact) mass is 338 g/mol.